The van der Waals surface area contributed by atoms with Crippen LogP contribution in [0.25, 0.3) is 0 Å². The number of hydrogen-bond donors (Lipinski definition) is 0. The molecule has 2 aromatic rings. The Hall–Kier alpha value is -1.06. The largest absolute Gasteiger partial charge is 0.437 e. The van der Waals surface area contributed by atoms with Gasteiger partial charge >= 0.3 is 0 Å². The highest BCUT2D eigenvalue weighted by atomic mass is 79.9. The summed E-state index contributed by atoms with van der Waals surface area (Å²) in [6.07, 6.45) is 1.67. The number of halogens is 2. The molecule has 20 heavy (non-hydrogen) atoms. The summed E-state index contributed by atoms with van der Waals surface area (Å²) in [4.78, 5) is 4.22. The summed E-state index contributed by atoms with van der Waals surface area (Å²) in [6, 6.07) is 7.97. The summed E-state index contributed by atoms with van der Waals surface area (Å²) < 4.78 is 6.77. The van der Waals surface area contributed by atoms with Gasteiger partial charge in [0.2, 0.25) is 5.88 Å². The van der Waals surface area contributed by atoms with Gasteiger partial charge in [-0.3, -0.25) is 0 Å². The molecule has 1 heterocycles. The van der Waals surface area contributed by atoms with E-state index in [-0.39, 0.29) is 5.41 Å². The first kappa shape index (κ1) is 15.3. The average Bonchev–Trinajstić information content (AvgIpc) is 2.31. The van der Waals surface area contributed by atoms with Gasteiger partial charge in [0.05, 0.1) is 0 Å². The number of hydrogen-bond acceptors (Lipinski definition) is 2. The zero-order valence-corrected chi connectivity index (χ0v) is 14.3. The van der Waals surface area contributed by atoms with Crippen molar-refractivity contribution >= 4 is 27.5 Å². The van der Waals surface area contributed by atoms with E-state index >= 15 is 0 Å². The summed E-state index contributed by atoms with van der Waals surface area (Å²) >= 11 is 9.51. The predicted molar refractivity (Wildman–Crippen MR) is 86.9 cm³/mol. The Morgan fingerprint density at radius 3 is 2.50 bits per heavy atom. The number of nitrogens with zero attached hydrogens (tertiary/aromatic N) is 1. The summed E-state index contributed by atoms with van der Waals surface area (Å²) in [5, 5.41) is 0.487. The zero-order valence-electron chi connectivity index (χ0n) is 12.0. The molecule has 0 spiro atoms. The van der Waals surface area contributed by atoms with Crippen LogP contribution in [0.15, 0.2) is 34.9 Å². The molecule has 0 bridgehead atoms. The molecule has 0 saturated carbocycles. The van der Waals surface area contributed by atoms with Crippen LogP contribution in [0, 0.1) is 6.92 Å². The van der Waals surface area contributed by atoms with E-state index in [4.69, 9.17) is 16.3 Å². The summed E-state index contributed by atoms with van der Waals surface area (Å²) in [6.45, 7) is 8.50. The Labute approximate surface area is 133 Å². The second-order valence-corrected chi connectivity index (χ2v) is 7.12. The Bertz CT molecular complexity index is 635. The van der Waals surface area contributed by atoms with E-state index in [1.807, 2.05) is 13.0 Å². The van der Waals surface area contributed by atoms with E-state index in [9.17, 15) is 0 Å². The van der Waals surface area contributed by atoms with Crippen LogP contribution in [0.3, 0.4) is 0 Å². The summed E-state index contributed by atoms with van der Waals surface area (Å²) in [5.41, 5.74) is 2.26. The van der Waals surface area contributed by atoms with Gasteiger partial charge in [0.15, 0.2) is 0 Å². The number of rotatable bonds is 2. The number of aryl methyl sites for hydroxylation is 1. The van der Waals surface area contributed by atoms with E-state index in [0.717, 1.165) is 21.3 Å². The lowest BCUT2D eigenvalue weighted by Crippen LogP contribution is -2.12. The standard InChI is InChI=1S/C16H17BrClNO/c1-10-5-6-12(16(2,3)4)14(7-10)20-15-13(18)8-11(17)9-19-15/h5-9H,1-4H3. The van der Waals surface area contributed by atoms with Crippen molar-refractivity contribution < 1.29 is 4.74 Å². The quantitative estimate of drug-likeness (QED) is 0.670. The highest BCUT2D eigenvalue weighted by Gasteiger charge is 2.20. The maximum atomic E-state index is 6.17. The molecule has 0 fully saturated rings. The Morgan fingerprint density at radius 1 is 1.20 bits per heavy atom. The third-order valence-corrected chi connectivity index (χ3v) is 3.63. The van der Waals surface area contributed by atoms with Gasteiger partial charge in [-0.05, 0) is 46.0 Å². The molecule has 2 rings (SSSR count). The minimum atomic E-state index is -0.00905. The van der Waals surface area contributed by atoms with E-state index in [1.54, 1.807) is 12.3 Å². The number of ether oxygens (including phenoxy) is 1. The van der Waals surface area contributed by atoms with E-state index in [2.05, 4.69) is 53.8 Å². The first-order chi connectivity index (χ1) is 9.27. The minimum Gasteiger partial charge on any atom is -0.437 e. The van der Waals surface area contributed by atoms with Crippen molar-refractivity contribution in [3.8, 4) is 11.6 Å². The van der Waals surface area contributed by atoms with Gasteiger partial charge in [0.25, 0.3) is 0 Å². The van der Waals surface area contributed by atoms with Crippen molar-refractivity contribution in [3.05, 3.63) is 51.1 Å². The van der Waals surface area contributed by atoms with Crippen molar-refractivity contribution in [2.75, 3.05) is 0 Å². The maximum absolute atomic E-state index is 6.17. The monoisotopic (exact) mass is 353 g/mol. The van der Waals surface area contributed by atoms with Crippen molar-refractivity contribution in [1.82, 2.24) is 4.98 Å². The molecule has 0 unspecified atom stereocenters. The van der Waals surface area contributed by atoms with Gasteiger partial charge in [-0.15, -0.1) is 0 Å². The number of pyridine rings is 1. The first-order valence-corrected chi connectivity index (χ1v) is 7.54. The topological polar surface area (TPSA) is 22.1 Å². The van der Waals surface area contributed by atoms with Gasteiger partial charge in [0.1, 0.15) is 10.8 Å². The first-order valence-electron chi connectivity index (χ1n) is 6.37. The fourth-order valence-corrected chi connectivity index (χ4v) is 2.58. The normalized spacial score (nSPS) is 11.5. The van der Waals surface area contributed by atoms with Crippen LogP contribution in [0.4, 0.5) is 0 Å². The molecule has 0 atom stereocenters. The predicted octanol–water partition coefficient (Wildman–Crippen LogP) is 5.90. The fraction of sp³-hybridized carbons (Fsp3) is 0.312. The van der Waals surface area contributed by atoms with Gasteiger partial charge in [-0.1, -0.05) is 44.5 Å². The third-order valence-electron chi connectivity index (χ3n) is 2.93. The zero-order chi connectivity index (χ0) is 14.9. The molecule has 1 aromatic heterocycles. The van der Waals surface area contributed by atoms with Crippen LogP contribution in [0.1, 0.15) is 31.9 Å². The fourth-order valence-electron chi connectivity index (χ4n) is 1.91. The minimum absolute atomic E-state index is 0.00905. The van der Waals surface area contributed by atoms with Crippen LogP contribution >= 0.6 is 27.5 Å². The lowest BCUT2D eigenvalue weighted by atomic mass is 9.86. The number of aromatic nitrogens is 1. The summed E-state index contributed by atoms with van der Waals surface area (Å²) in [7, 11) is 0. The van der Waals surface area contributed by atoms with E-state index < -0.39 is 0 Å². The lowest BCUT2D eigenvalue weighted by molar-refractivity contribution is 0.439. The third kappa shape index (κ3) is 3.53. The highest BCUT2D eigenvalue weighted by molar-refractivity contribution is 9.10. The van der Waals surface area contributed by atoms with Gasteiger partial charge in [-0.2, -0.15) is 0 Å². The Balaban J connectivity index is 2.45. The Morgan fingerprint density at radius 2 is 1.90 bits per heavy atom. The SMILES string of the molecule is Cc1ccc(C(C)(C)C)c(Oc2ncc(Br)cc2Cl)c1. The van der Waals surface area contributed by atoms with Crippen LogP contribution in [0.5, 0.6) is 11.6 Å². The summed E-state index contributed by atoms with van der Waals surface area (Å²) in [5.74, 6) is 1.22. The van der Waals surface area contributed by atoms with Crippen molar-refractivity contribution in [1.29, 1.82) is 0 Å². The van der Waals surface area contributed by atoms with E-state index in [1.165, 1.54) is 0 Å². The molecular formula is C16H17BrClNO. The average molecular weight is 355 g/mol. The molecule has 106 valence electrons. The molecule has 4 heteroatoms. The number of benzene rings is 1. The van der Waals surface area contributed by atoms with Crippen molar-refractivity contribution in [2.24, 2.45) is 0 Å². The van der Waals surface area contributed by atoms with Gasteiger partial charge in [0, 0.05) is 16.2 Å². The van der Waals surface area contributed by atoms with Gasteiger partial charge in [-0.25, -0.2) is 4.98 Å². The molecule has 0 aliphatic heterocycles. The smallest absolute Gasteiger partial charge is 0.238 e. The second-order valence-electron chi connectivity index (χ2n) is 5.79. The molecule has 1 aromatic carbocycles. The van der Waals surface area contributed by atoms with Crippen molar-refractivity contribution in [3.63, 3.8) is 0 Å². The molecule has 0 radical (unpaired) electrons. The van der Waals surface area contributed by atoms with Gasteiger partial charge < -0.3 is 4.74 Å². The molecule has 0 aliphatic rings. The van der Waals surface area contributed by atoms with Crippen LogP contribution in [-0.4, -0.2) is 4.98 Å². The van der Waals surface area contributed by atoms with Crippen LogP contribution < -0.4 is 4.74 Å². The van der Waals surface area contributed by atoms with Crippen molar-refractivity contribution in [2.45, 2.75) is 33.1 Å². The molecule has 0 aliphatic carbocycles. The van der Waals surface area contributed by atoms with Crippen LogP contribution in [-0.2, 0) is 5.41 Å². The molecule has 0 saturated heterocycles. The lowest BCUT2D eigenvalue weighted by Gasteiger charge is -2.23. The second kappa shape index (κ2) is 5.74. The molecule has 0 N–H and O–H groups in total. The maximum Gasteiger partial charge on any atom is 0.238 e. The van der Waals surface area contributed by atoms with Crippen LogP contribution in [0.2, 0.25) is 5.02 Å². The molecule has 2 nitrogen and oxygen atoms in total. The highest BCUT2D eigenvalue weighted by Crippen LogP contribution is 2.36. The Kier molecular flexibility index (Phi) is 4.40. The molecule has 0 amide bonds. The van der Waals surface area contributed by atoms with E-state index in [0.29, 0.717) is 10.9 Å². The molecular weight excluding hydrogens is 338 g/mol.